The first kappa shape index (κ1) is 20.3. The molecule has 0 unspecified atom stereocenters. The van der Waals surface area contributed by atoms with Crippen molar-refractivity contribution in [2.45, 2.75) is 25.6 Å². The van der Waals surface area contributed by atoms with Crippen LogP contribution in [0.1, 0.15) is 18.4 Å². The zero-order valence-electron chi connectivity index (χ0n) is 17.0. The van der Waals surface area contributed by atoms with Gasteiger partial charge in [-0.25, -0.2) is 0 Å². The summed E-state index contributed by atoms with van der Waals surface area (Å²) < 4.78 is 16.8. The number of methoxy groups -OCH3 is 1. The molecule has 8 nitrogen and oxygen atoms in total. The number of ether oxygens (including phenoxy) is 3. The van der Waals surface area contributed by atoms with E-state index in [9.17, 15) is 4.79 Å². The van der Waals surface area contributed by atoms with Crippen LogP contribution in [-0.2, 0) is 11.4 Å². The standard InChI is InChI=1S/C21H23ClN4O4/c1-26(2)20(27)13-8-15(9-13)30-21-23-17-10-16(22)19(24-18(17)25-21)29-11-12-4-6-14(28-3)7-5-12/h4-7,10,13,15H,8-9,11H2,1-3H3,(H,23,24,25). The number of pyridine rings is 1. The van der Waals surface area contributed by atoms with E-state index in [1.807, 2.05) is 24.3 Å². The van der Waals surface area contributed by atoms with Crippen molar-refractivity contribution in [2.24, 2.45) is 5.92 Å². The summed E-state index contributed by atoms with van der Waals surface area (Å²) in [5, 5.41) is 0.381. The van der Waals surface area contributed by atoms with Crippen molar-refractivity contribution in [3.05, 3.63) is 40.9 Å². The number of carbonyl (C=O) groups is 1. The second-order valence-corrected chi connectivity index (χ2v) is 7.87. The number of H-pyrrole nitrogens is 1. The molecule has 1 N–H and O–H groups in total. The van der Waals surface area contributed by atoms with Gasteiger partial charge in [0.15, 0.2) is 5.65 Å². The maximum absolute atomic E-state index is 11.9. The average molecular weight is 431 g/mol. The number of benzene rings is 1. The van der Waals surface area contributed by atoms with Gasteiger partial charge in [0.05, 0.1) is 12.6 Å². The molecule has 0 saturated heterocycles. The van der Waals surface area contributed by atoms with Crippen LogP contribution in [0.4, 0.5) is 0 Å². The number of nitrogens with one attached hydrogen (secondary N) is 1. The Hall–Kier alpha value is -3.00. The van der Waals surface area contributed by atoms with Gasteiger partial charge in [0.2, 0.25) is 11.8 Å². The quantitative estimate of drug-likeness (QED) is 0.617. The Morgan fingerprint density at radius 1 is 1.23 bits per heavy atom. The number of carbonyl (C=O) groups excluding carboxylic acids is 1. The van der Waals surface area contributed by atoms with Crippen molar-refractivity contribution in [3.63, 3.8) is 0 Å². The van der Waals surface area contributed by atoms with Gasteiger partial charge in [-0.15, -0.1) is 0 Å². The molecule has 30 heavy (non-hydrogen) atoms. The van der Waals surface area contributed by atoms with Gasteiger partial charge in [-0.1, -0.05) is 23.7 Å². The summed E-state index contributed by atoms with van der Waals surface area (Å²) >= 11 is 6.32. The van der Waals surface area contributed by atoms with Crippen molar-refractivity contribution in [1.82, 2.24) is 19.9 Å². The van der Waals surface area contributed by atoms with E-state index in [1.54, 1.807) is 32.2 Å². The number of hydrogen-bond acceptors (Lipinski definition) is 6. The number of aromatic nitrogens is 3. The van der Waals surface area contributed by atoms with Crippen LogP contribution in [0, 0.1) is 5.92 Å². The Morgan fingerprint density at radius 2 is 1.97 bits per heavy atom. The predicted octanol–water partition coefficient (Wildman–Crippen LogP) is 3.44. The summed E-state index contributed by atoms with van der Waals surface area (Å²) in [7, 11) is 5.15. The maximum Gasteiger partial charge on any atom is 0.296 e. The first-order valence-corrected chi connectivity index (χ1v) is 10.0. The summed E-state index contributed by atoms with van der Waals surface area (Å²) in [5.74, 6) is 1.23. The zero-order chi connectivity index (χ0) is 21.3. The predicted molar refractivity (Wildman–Crippen MR) is 112 cm³/mol. The molecule has 158 valence electrons. The highest BCUT2D eigenvalue weighted by molar-refractivity contribution is 6.32. The lowest BCUT2D eigenvalue weighted by Gasteiger charge is -2.34. The molecule has 1 aliphatic carbocycles. The first-order chi connectivity index (χ1) is 14.4. The molecule has 0 aliphatic heterocycles. The SMILES string of the molecule is COc1ccc(COc2nc3nc(OC4CC(C(=O)N(C)C)C4)[nH]c3cc2Cl)cc1. The normalized spacial score (nSPS) is 18.0. The fraction of sp³-hybridized carbons (Fsp3) is 0.381. The van der Waals surface area contributed by atoms with Gasteiger partial charge >= 0.3 is 0 Å². The molecule has 1 amide bonds. The van der Waals surface area contributed by atoms with Crippen LogP contribution in [-0.4, -0.2) is 53.1 Å². The lowest BCUT2D eigenvalue weighted by Crippen LogP contribution is -2.43. The van der Waals surface area contributed by atoms with Crippen LogP contribution < -0.4 is 14.2 Å². The molecule has 4 rings (SSSR count). The Bertz CT molecular complexity index is 1050. The smallest absolute Gasteiger partial charge is 0.296 e. The van der Waals surface area contributed by atoms with E-state index in [0.29, 0.717) is 47.5 Å². The van der Waals surface area contributed by atoms with Crippen LogP contribution in [0.2, 0.25) is 5.02 Å². The van der Waals surface area contributed by atoms with E-state index >= 15 is 0 Å². The molecular weight excluding hydrogens is 408 g/mol. The van der Waals surface area contributed by atoms with Gasteiger partial charge in [0, 0.05) is 20.0 Å². The molecule has 0 bridgehead atoms. The maximum atomic E-state index is 11.9. The van der Waals surface area contributed by atoms with Crippen molar-refractivity contribution < 1.29 is 19.0 Å². The number of halogens is 1. The lowest BCUT2D eigenvalue weighted by atomic mass is 9.81. The third-order valence-corrected chi connectivity index (χ3v) is 5.34. The van der Waals surface area contributed by atoms with E-state index < -0.39 is 0 Å². The fourth-order valence-electron chi connectivity index (χ4n) is 3.30. The van der Waals surface area contributed by atoms with Crippen molar-refractivity contribution in [2.75, 3.05) is 21.2 Å². The number of rotatable bonds is 7. The third kappa shape index (κ3) is 4.28. The first-order valence-electron chi connectivity index (χ1n) is 9.62. The Labute approximate surface area is 179 Å². The summed E-state index contributed by atoms with van der Waals surface area (Å²) in [5.41, 5.74) is 2.08. The molecule has 1 saturated carbocycles. The number of imidazole rings is 1. The summed E-state index contributed by atoms with van der Waals surface area (Å²) in [6, 6.07) is 9.64. The second kappa shape index (κ2) is 8.39. The van der Waals surface area contributed by atoms with Crippen molar-refractivity contribution in [1.29, 1.82) is 0 Å². The van der Waals surface area contributed by atoms with Crippen LogP contribution in [0.15, 0.2) is 30.3 Å². The van der Waals surface area contributed by atoms with E-state index in [-0.39, 0.29) is 17.9 Å². The number of nitrogens with zero attached hydrogens (tertiary/aromatic N) is 3. The minimum Gasteiger partial charge on any atom is -0.497 e. The summed E-state index contributed by atoms with van der Waals surface area (Å²) in [6.07, 6.45) is 1.32. The molecule has 2 heterocycles. The molecule has 0 spiro atoms. The minimum absolute atomic E-state index is 0.0138. The topological polar surface area (TPSA) is 89.6 Å². The Kier molecular flexibility index (Phi) is 5.67. The molecular formula is C21H23ClN4O4. The number of aromatic amines is 1. The average Bonchev–Trinajstić information content (AvgIpc) is 3.09. The number of hydrogen-bond donors (Lipinski definition) is 1. The number of fused-ring (bicyclic) bond motifs is 1. The van der Waals surface area contributed by atoms with Crippen molar-refractivity contribution in [3.8, 4) is 17.6 Å². The molecule has 3 aromatic rings. The molecule has 0 atom stereocenters. The van der Waals surface area contributed by atoms with Crippen LogP contribution in [0.25, 0.3) is 11.2 Å². The van der Waals surface area contributed by atoms with E-state index in [2.05, 4.69) is 15.0 Å². The Balaban J connectivity index is 1.39. The number of amides is 1. The van der Waals surface area contributed by atoms with E-state index in [4.69, 9.17) is 25.8 Å². The zero-order valence-corrected chi connectivity index (χ0v) is 17.8. The third-order valence-electron chi connectivity index (χ3n) is 5.07. The highest BCUT2D eigenvalue weighted by Crippen LogP contribution is 2.33. The Morgan fingerprint density at radius 3 is 2.63 bits per heavy atom. The monoisotopic (exact) mass is 430 g/mol. The van der Waals surface area contributed by atoms with Gasteiger partial charge in [-0.2, -0.15) is 9.97 Å². The van der Waals surface area contributed by atoms with Gasteiger partial charge in [0.1, 0.15) is 23.5 Å². The second-order valence-electron chi connectivity index (χ2n) is 7.47. The summed E-state index contributed by atoms with van der Waals surface area (Å²) in [6.45, 7) is 0.319. The minimum atomic E-state index is -0.0410. The largest absolute Gasteiger partial charge is 0.497 e. The van der Waals surface area contributed by atoms with Gasteiger partial charge in [0.25, 0.3) is 6.01 Å². The molecule has 1 fully saturated rings. The molecule has 1 aromatic carbocycles. The fourth-order valence-corrected chi connectivity index (χ4v) is 3.50. The van der Waals surface area contributed by atoms with Crippen molar-refractivity contribution >= 4 is 28.7 Å². The van der Waals surface area contributed by atoms with E-state index in [1.165, 1.54) is 0 Å². The molecule has 9 heteroatoms. The van der Waals surface area contributed by atoms with Crippen LogP contribution in [0.3, 0.4) is 0 Å². The highest BCUT2D eigenvalue weighted by Gasteiger charge is 2.37. The van der Waals surface area contributed by atoms with Crippen LogP contribution in [0.5, 0.6) is 17.6 Å². The van der Waals surface area contributed by atoms with Gasteiger partial charge < -0.3 is 24.1 Å². The van der Waals surface area contributed by atoms with Gasteiger partial charge in [-0.3, -0.25) is 4.79 Å². The van der Waals surface area contributed by atoms with Crippen LogP contribution >= 0.6 is 11.6 Å². The highest BCUT2D eigenvalue weighted by atomic mass is 35.5. The lowest BCUT2D eigenvalue weighted by molar-refractivity contribution is -0.139. The van der Waals surface area contributed by atoms with Gasteiger partial charge in [-0.05, 0) is 36.6 Å². The van der Waals surface area contributed by atoms with E-state index in [0.717, 1.165) is 11.3 Å². The molecule has 1 aliphatic rings. The molecule has 0 radical (unpaired) electrons. The summed E-state index contributed by atoms with van der Waals surface area (Å²) in [4.78, 5) is 25.4. The molecule has 2 aromatic heterocycles.